The molecule has 0 aliphatic rings. The number of carbonyl (C=O) groups is 1. The number of nitrogens with zero attached hydrogens (tertiary/aromatic N) is 1. The van der Waals surface area contributed by atoms with Gasteiger partial charge in [0.15, 0.2) is 0 Å². The third kappa shape index (κ3) is 5.24. The summed E-state index contributed by atoms with van der Waals surface area (Å²) in [7, 11) is -3.72. The van der Waals surface area contributed by atoms with E-state index in [2.05, 4.69) is 5.32 Å². The molecule has 0 spiro atoms. The SMILES string of the molecule is Cc1c(CNCCc2ccc(S(N)(=O)=O)cc2)c(C(=O)O)c(C)n1Cc1ccccc1F. The van der Waals surface area contributed by atoms with Crippen molar-refractivity contribution in [2.75, 3.05) is 6.54 Å². The molecule has 32 heavy (non-hydrogen) atoms. The van der Waals surface area contributed by atoms with Crippen molar-refractivity contribution in [1.82, 2.24) is 9.88 Å². The average molecular weight is 460 g/mol. The van der Waals surface area contributed by atoms with Crippen LogP contribution in [-0.2, 0) is 29.5 Å². The van der Waals surface area contributed by atoms with Gasteiger partial charge in [-0.25, -0.2) is 22.7 Å². The predicted octanol–water partition coefficient (Wildman–Crippen LogP) is 2.97. The second kappa shape index (κ2) is 9.64. The number of nitrogens with one attached hydrogen (secondary N) is 1. The van der Waals surface area contributed by atoms with Crippen LogP contribution in [0.2, 0.25) is 0 Å². The van der Waals surface area contributed by atoms with Crippen LogP contribution in [0.25, 0.3) is 0 Å². The Balaban J connectivity index is 1.72. The van der Waals surface area contributed by atoms with Gasteiger partial charge in [-0.05, 0) is 50.6 Å². The molecule has 0 fully saturated rings. The topological polar surface area (TPSA) is 114 Å². The van der Waals surface area contributed by atoms with Gasteiger partial charge in [-0.1, -0.05) is 30.3 Å². The van der Waals surface area contributed by atoms with Crippen molar-refractivity contribution in [2.45, 2.75) is 38.3 Å². The quantitative estimate of drug-likeness (QED) is 0.426. The molecular formula is C23H26FN3O4S. The van der Waals surface area contributed by atoms with E-state index in [4.69, 9.17) is 5.14 Å². The summed E-state index contributed by atoms with van der Waals surface area (Å²) in [5, 5.41) is 18.1. The number of aromatic carboxylic acids is 1. The minimum Gasteiger partial charge on any atom is -0.478 e. The zero-order valence-electron chi connectivity index (χ0n) is 17.9. The first-order valence-electron chi connectivity index (χ1n) is 10.1. The number of benzene rings is 2. The van der Waals surface area contributed by atoms with Crippen LogP contribution in [0, 0.1) is 19.7 Å². The van der Waals surface area contributed by atoms with Crippen LogP contribution in [0.5, 0.6) is 0 Å². The number of sulfonamides is 1. The van der Waals surface area contributed by atoms with E-state index in [-0.39, 0.29) is 22.8 Å². The van der Waals surface area contributed by atoms with Gasteiger partial charge in [0, 0.05) is 29.1 Å². The molecule has 0 aliphatic carbocycles. The second-order valence-electron chi connectivity index (χ2n) is 7.62. The van der Waals surface area contributed by atoms with Gasteiger partial charge in [-0.15, -0.1) is 0 Å². The zero-order valence-corrected chi connectivity index (χ0v) is 18.7. The average Bonchev–Trinajstić information content (AvgIpc) is 2.96. The van der Waals surface area contributed by atoms with E-state index in [0.717, 1.165) is 11.3 Å². The molecule has 1 heterocycles. The summed E-state index contributed by atoms with van der Waals surface area (Å²) in [4.78, 5) is 12.0. The molecular weight excluding hydrogens is 433 g/mol. The molecule has 0 radical (unpaired) electrons. The standard InChI is InChI=1S/C23H26FN3O4S/c1-15-20(13-26-12-11-17-7-9-19(10-8-17)32(25,30)31)22(23(28)29)16(2)27(15)14-18-5-3-4-6-21(18)24/h3-10,26H,11-14H2,1-2H3,(H,28,29)(H2,25,30,31). The summed E-state index contributed by atoms with van der Waals surface area (Å²) < 4.78 is 38.6. The number of aromatic nitrogens is 1. The van der Waals surface area contributed by atoms with Crippen LogP contribution in [0.4, 0.5) is 4.39 Å². The third-order valence-electron chi connectivity index (χ3n) is 5.55. The van der Waals surface area contributed by atoms with E-state index < -0.39 is 16.0 Å². The summed E-state index contributed by atoms with van der Waals surface area (Å²) in [6.07, 6.45) is 0.626. The predicted molar refractivity (Wildman–Crippen MR) is 120 cm³/mol. The fraction of sp³-hybridized carbons (Fsp3) is 0.261. The van der Waals surface area contributed by atoms with Gasteiger partial charge in [0.05, 0.1) is 17.0 Å². The first-order chi connectivity index (χ1) is 15.1. The van der Waals surface area contributed by atoms with Crippen molar-refractivity contribution >= 4 is 16.0 Å². The molecule has 0 aliphatic heterocycles. The fourth-order valence-corrected chi connectivity index (χ4v) is 4.29. The Bertz CT molecular complexity index is 1230. The highest BCUT2D eigenvalue weighted by Gasteiger charge is 2.22. The molecule has 0 saturated carbocycles. The number of carboxylic acid groups (broad SMARTS) is 1. The van der Waals surface area contributed by atoms with Crippen LogP contribution >= 0.6 is 0 Å². The van der Waals surface area contributed by atoms with Gasteiger partial charge in [0.2, 0.25) is 10.0 Å². The summed E-state index contributed by atoms with van der Waals surface area (Å²) in [5.41, 5.74) is 3.66. The molecule has 0 bridgehead atoms. The summed E-state index contributed by atoms with van der Waals surface area (Å²) in [5.74, 6) is -1.35. The van der Waals surface area contributed by atoms with Gasteiger partial charge in [0.25, 0.3) is 0 Å². The molecule has 0 amide bonds. The summed E-state index contributed by atoms with van der Waals surface area (Å²) in [6.45, 7) is 4.72. The lowest BCUT2D eigenvalue weighted by atomic mass is 10.1. The molecule has 3 rings (SSSR count). The fourth-order valence-electron chi connectivity index (χ4n) is 3.77. The Morgan fingerprint density at radius 3 is 2.34 bits per heavy atom. The first-order valence-corrected chi connectivity index (χ1v) is 11.6. The Labute approximate surface area is 186 Å². The molecule has 9 heteroatoms. The molecule has 3 aromatic rings. The Kier molecular flexibility index (Phi) is 7.12. The molecule has 0 saturated heterocycles. The normalized spacial score (nSPS) is 11.6. The lowest BCUT2D eigenvalue weighted by Gasteiger charge is -2.11. The lowest BCUT2D eigenvalue weighted by molar-refractivity contribution is 0.0694. The zero-order chi connectivity index (χ0) is 23.5. The van der Waals surface area contributed by atoms with Crippen LogP contribution < -0.4 is 10.5 Å². The second-order valence-corrected chi connectivity index (χ2v) is 9.18. The highest BCUT2D eigenvalue weighted by Crippen LogP contribution is 2.24. The van der Waals surface area contributed by atoms with Gasteiger partial charge in [-0.3, -0.25) is 0 Å². The minimum absolute atomic E-state index is 0.0580. The monoisotopic (exact) mass is 459 g/mol. The molecule has 0 unspecified atom stereocenters. The number of carboxylic acids is 1. The maximum absolute atomic E-state index is 14.1. The largest absolute Gasteiger partial charge is 0.478 e. The van der Waals surface area contributed by atoms with Crippen molar-refractivity contribution in [3.05, 3.63) is 88.0 Å². The molecule has 170 valence electrons. The molecule has 7 nitrogen and oxygen atoms in total. The van der Waals surface area contributed by atoms with Gasteiger partial charge >= 0.3 is 5.97 Å². The maximum Gasteiger partial charge on any atom is 0.337 e. The number of hydrogen-bond donors (Lipinski definition) is 3. The smallest absolute Gasteiger partial charge is 0.337 e. The molecule has 2 aromatic carbocycles. The number of hydrogen-bond acceptors (Lipinski definition) is 4. The van der Waals surface area contributed by atoms with E-state index in [9.17, 15) is 22.7 Å². The van der Waals surface area contributed by atoms with Crippen LogP contribution in [0.15, 0.2) is 53.4 Å². The number of nitrogens with two attached hydrogens (primary N) is 1. The Morgan fingerprint density at radius 2 is 1.75 bits per heavy atom. The van der Waals surface area contributed by atoms with E-state index in [1.807, 2.05) is 11.5 Å². The number of primary sulfonamides is 1. The maximum atomic E-state index is 14.1. The Morgan fingerprint density at radius 1 is 1.09 bits per heavy atom. The highest BCUT2D eigenvalue weighted by atomic mass is 32.2. The van der Waals surface area contributed by atoms with E-state index in [1.165, 1.54) is 18.2 Å². The third-order valence-corrected chi connectivity index (χ3v) is 6.48. The van der Waals surface area contributed by atoms with Crippen LogP contribution in [0.1, 0.15) is 38.4 Å². The number of halogens is 1. The van der Waals surface area contributed by atoms with Crippen molar-refractivity contribution in [1.29, 1.82) is 0 Å². The summed E-state index contributed by atoms with van der Waals surface area (Å²) >= 11 is 0. The van der Waals surface area contributed by atoms with Gasteiger partial charge < -0.3 is 15.0 Å². The van der Waals surface area contributed by atoms with Crippen molar-refractivity contribution in [3.63, 3.8) is 0 Å². The molecule has 1 aromatic heterocycles. The van der Waals surface area contributed by atoms with Crippen molar-refractivity contribution in [2.24, 2.45) is 5.14 Å². The highest BCUT2D eigenvalue weighted by molar-refractivity contribution is 7.89. The molecule has 4 N–H and O–H groups in total. The van der Waals surface area contributed by atoms with Crippen molar-refractivity contribution in [3.8, 4) is 0 Å². The van der Waals surface area contributed by atoms with Gasteiger partial charge in [-0.2, -0.15) is 0 Å². The van der Waals surface area contributed by atoms with E-state index in [1.54, 1.807) is 37.3 Å². The van der Waals surface area contributed by atoms with E-state index in [0.29, 0.717) is 36.3 Å². The summed E-state index contributed by atoms with van der Waals surface area (Å²) in [6, 6.07) is 12.8. The first kappa shape index (κ1) is 23.6. The van der Waals surface area contributed by atoms with Crippen molar-refractivity contribution < 1.29 is 22.7 Å². The van der Waals surface area contributed by atoms with Crippen LogP contribution in [0.3, 0.4) is 0 Å². The lowest BCUT2D eigenvalue weighted by Crippen LogP contribution is -2.19. The van der Waals surface area contributed by atoms with Gasteiger partial charge in [0.1, 0.15) is 5.82 Å². The van der Waals surface area contributed by atoms with E-state index >= 15 is 0 Å². The van der Waals surface area contributed by atoms with Crippen LogP contribution in [-0.4, -0.2) is 30.6 Å². The minimum atomic E-state index is -3.72. The molecule has 0 atom stereocenters. The number of rotatable bonds is 9. The Hall–Kier alpha value is -3.01.